The first-order valence-electron chi connectivity index (χ1n) is 7.36. The van der Waals surface area contributed by atoms with Crippen molar-refractivity contribution in [1.29, 1.82) is 0 Å². The first kappa shape index (κ1) is 17.2. The fraction of sp³-hybridized carbons (Fsp3) is 0.471. The van der Waals surface area contributed by atoms with Crippen molar-refractivity contribution in [3.8, 4) is 5.75 Å². The van der Waals surface area contributed by atoms with Crippen molar-refractivity contribution in [3.05, 3.63) is 42.5 Å². The van der Waals surface area contributed by atoms with Crippen LogP contribution in [0.5, 0.6) is 5.75 Å². The second kappa shape index (κ2) is 9.19. The molecule has 1 atom stereocenters. The van der Waals surface area contributed by atoms with E-state index in [1.165, 1.54) is 0 Å². The molecule has 1 aromatic rings. The molecule has 1 aromatic carbocycles. The summed E-state index contributed by atoms with van der Waals surface area (Å²) in [6, 6.07) is 8.14. The second-order valence-electron chi connectivity index (χ2n) is 5.18. The summed E-state index contributed by atoms with van der Waals surface area (Å²) in [6.07, 6.45) is 2.73. The molecule has 0 bridgehead atoms. The molecule has 0 heterocycles. The van der Waals surface area contributed by atoms with Crippen LogP contribution in [0.1, 0.15) is 25.8 Å². The van der Waals surface area contributed by atoms with E-state index in [9.17, 15) is 4.79 Å². The van der Waals surface area contributed by atoms with Gasteiger partial charge in [0, 0.05) is 19.6 Å². The number of carbonyl (C=O) groups is 1. The number of hydrogen-bond acceptors (Lipinski definition) is 3. The molecule has 0 radical (unpaired) electrons. The molecule has 0 aliphatic carbocycles. The first-order valence-corrected chi connectivity index (χ1v) is 7.36. The Kier molecular flexibility index (Phi) is 7.54. The molecule has 0 aromatic heterocycles. The van der Waals surface area contributed by atoms with Crippen molar-refractivity contribution < 1.29 is 9.53 Å². The summed E-state index contributed by atoms with van der Waals surface area (Å²) in [4.78, 5) is 13.7. The smallest absolute Gasteiger partial charge is 0.236 e. The second-order valence-corrected chi connectivity index (χ2v) is 5.18. The molecule has 0 spiro atoms. The average Bonchev–Trinajstić information content (AvgIpc) is 2.51. The molecule has 116 valence electrons. The largest absolute Gasteiger partial charge is 0.490 e. The highest BCUT2D eigenvalue weighted by Crippen LogP contribution is 2.13. The molecular weight excluding hydrogens is 264 g/mol. The Morgan fingerprint density at radius 2 is 2.10 bits per heavy atom. The van der Waals surface area contributed by atoms with Crippen LogP contribution in [0, 0.1) is 0 Å². The van der Waals surface area contributed by atoms with Crippen LogP contribution in [0.25, 0.3) is 0 Å². The highest BCUT2D eigenvalue weighted by molar-refractivity contribution is 5.78. The van der Waals surface area contributed by atoms with E-state index in [4.69, 9.17) is 4.74 Å². The Morgan fingerprint density at radius 1 is 1.43 bits per heavy atom. The van der Waals surface area contributed by atoms with Gasteiger partial charge in [-0.1, -0.05) is 31.7 Å². The number of nitrogens with zero attached hydrogens (tertiary/aromatic N) is 1. The Morgan fingerprint density at radius 3 is 2.67 bits per heavy atom. The molecule has 1 rings (SSSR count). The van der Waals surface area contributed by atoms with Gasteiger partial charge in [-0.2, -0.15) is 0 Å². The van der Waals surface area contributed by atoms with E-state index < -0.39 is 0 Å². The Hall–Kier alpha value is -1.81. The van der Waals surface area contributed by atoms with Crippen LogP contribution in [-0.4, -0.2) is 37.0 Å². The molecule has 1 unspecified atom stereocenters. The SMILES string of the molecule is C=CCOc1ccc(CN(C)C(=O)CNC(C)CC)cc1. The van der Waals surface area contributed by atoms with E-state index in [-0.39, 0.29) is 5.91 Å². The van der Waals surface area contributed by atoms with Gasteiger partial charge in [0.25, 0.3) is 0 Å². The van der Waals surface area contributed by atoms with Gasteiger partial charge in [-0.25, -0.2) is 0 Å². The van der Waals surface area contributed by atoms with Gasteiger partial charge in [-0.3, -0.25) is 4.79 Å². The van der Waals surface area contributed by atoms with Gasteiger partial charge < -0.3 is 15.0 Å². The van der Waals surface area contributed by atoms with E-state index in [2.05, 4.69) is 25.7 Å². The van der Waals surface area contributed by atoms with E-state index in [0.717, 1.165) is 17.7 Å². The van der Waals surface area contributed by atoms with Crippen molar-refractivity contribution in [3.63, 3.8) is 0 Å². The number of hydrogen-bond donors (Lipinski definition) is 1. The Labute approximate surface area is 127 Å². The van der Waals surface area contributed by atoms with Gasteiger partial charge in [0.05, 0.1) is 6.54 Å². The fourth-order valence-corrected chi connectivity index (χ4v) is 1.75. The zero-order valence-corrected chi connectivity index (χ0v) is 13.3. The van der Waals surface area contributed by atoms with Crippen LogP contribution >= 0.6 is 0 Å². The number of rotatable bonds is 9. The highest BCUT2D eigenvalue weighted by atomic mass is 16.5. The predicted molar refractivity (Wildman–Crippen MR) is 86.4 cm³/mol. The zero-order chi connectivity index (χ0) is 15.7. The van der Waals surface area contributed by atoms with E-state index in [1.54, 1.807) is 11.0 Å². The molecule has 0 aliphatic heterocycles. The molecular formula is C17H26N2O2. The summed E-state index contributed by atoms with van der Waals surface area (Å²) in [5, 5.41) is 3.21. The van der Waals surface area contributed by atoms with Gasteiger partial charge in [-0.05, 0) is 31.0 Å². The maximum atomic E-state index is 12.0. The van der Waals surface area contributed by atoms with Gasteiger partial charge in [0.1, 0.15) is 12.4 Å². The van der Waals surface area contributed by atoms with Crippen molar-refractivity contribution in [2.24, 2.45) is 0 Å². The minimum atomic E-state index is 0.0993. The molecule has 4 heteroatoms. The lowest BCUT2D eigenvalue weighted by Crippen LogP contribution is -2.38. The number of benzene rings is 1. The van der Waals surface area contributed by atoms with E-state index in [1.807, 2.05) is 31.3 Å². The highest BCUT2D eigenvalue weighted by Gasteiger charge is 2.10. The van der Waals surface area contributed by atoms with E-state index >= 15 is 0 Å². The average molecular weight is 290 g/mol. The minimum absolute atomic E-state index is 0.0993. The minimum Gasteiger partial charge on any atom is -0.490 e. The molecule has 1 N–H and O–H groups in total. The van der Waals surface area contributed by atoms with E-state index in [0.29, 0.717) is 25.7 Å². The zero-order valence-electron chi connectivity index (χ0n) is 13.3. The lowest BCUT2D eigenvalue weighted by molar-refractivity contribution is -0.129. The van der Waals surface area contributed by atoms with Crippen molar-refractivity contribution in [1.82, 2.24) is 10.2 Å². The Bertz CT molecular complexity index is 443. The molecule has 0 saturated heterocycles. The quantitative estimate of drug-likeness (QED) is 0.711. The van der Waals surface area contributed by atoms with Crippen LogP contribution in [0.3, 0.4) is 0 Å². The summed E-state index contributed by atoms with van der Waals surface area (Å²) in [6.45, 7) is 9.27. The van der Waals surface area contributed by atoms with Crippen LogP contribution in [0.15, 0.2) is 36.9 Å². The van der Waals surface area contributed by atoms with Crippen molar-refractivity contribution in [2.45, 2.75) is 32.9 Å². The van der Waals surface area contributed by atoms with Crippen LogP contribution in [-0.2, 0) is 11.3 Å². The third-order valence-electron chi connectivity index (χ3n) is 3.35. The summed E-state index contributed by atoms with van der Waals surface area (Å²) in [7, 11) is 1.82. The normalized spacial score (nSPS) is 11.8. The summed E-state index contributed by atoms with van der Waals surface area (Å²) < 4.78 is 5.43. The Balaban J connectivity index is 2.44. The van der Waals surface area contributed by atoms with Crippen LogP contribution in [0.4, 0.5) is 0 Å². The fourth-order valence-electron chi connectivity index (χ4n) is 1.75. The number of likely N-dealkylation sites (N-methyl/N-ethyl adjacent to an activating group) is 1. The van der Waals surface area contributed by atoms with Gasteiger partial charge >= 0.3 is 0 Å². The number of amides is 1. The standard InChI is InChI=1S/C17H26N2O2/c1-5-11-21-16-9-7-15(8-10-16)13-19(4)17(20)12-18-14(3)6-2/h5,7-10,14,18H,1,6,11-13H2,2-4H3. The third-order valence-corrected chi connectivity index (χ3v) is 3.35. The topological polar surface area (TPSA) is 41.6 Å². The summed E-state index contributed by atoms with van der Waals surface area (Å²) in [5.41, 5.74) is 1.08. The van der Waals surface area contributed by atoms with Crippen molar-refractivity contribution >= 4 is 5.91 Å². The lowest BCUT2D eigenvalue weighted by Gasteiger charge is -2.19. The number of carbonyl (C=O) groups excluding carboxylic acids is 1. The number of nitrogens with one attached hydrogen (secondary N) is 1. The summed E-state index contributed by atoms with van der Waals surface area (Å²) >= 11 is 0. The monoisotopic (exact) mass is 290 g/mol. The maximum Gasteiger partial charge on any atom is 0.236 e. The molecule has 0 aliphatic rings. The number of ether oxygens (including phenoxy) is 1. The third kappa shape index (κ3) is 6.45. The summed E-state index contributed by atoms with van der Waals surface area (Å²) in [5.74, 6) is 0.911. The predicted octanol–water partition coefficient (Wildman–Crippen LogP) is 2.60. The molecule has 0 saturated carbocycles. The molecule has 1 amide bonds. The molecule has 0 fully saturated rings. The maximum absolute atomic E-state index is 12.0. The van der Waals surface area contributed by atoms with Gasteiger partial charge in [0.2, 0.25) is 5.91 Å². The van der Waals surface area contributed by atoms with Crippen LogP contribution in [0.2, 0.25) is 0 Å². The van der Waals surface area contributed by atoms with Gasteiger partial charge in [0.15, 0.2) is 0 Å². The van der Waals surface area contributed by atoms with Crippen LogP contribution < -0.4 is 10.1 Å². The first-order chi connectivity index (χ1) is 10.1. The van der Waals surface area contributed by atoms with Crippen molar-refractivity contribution in [2.75, 3.05) is 20.2 Å². The molecule has 4 nitrogen and oxygen atoms in total. The van der Waals surface area contributed by atoms with Gasteiger partial charge in [-0.15, -0.1) is 0 Å². The molecule has 21 heavy (non-hydrogen) atoms. The lowest BCUT2D eigenvalue weighted by atomic mass is 10.2.